The summed E-state index contributed by atoms with van der Waals surface area (Å²) in [4.78, 5) is 11.6. The Bertz CT molecular complexity index is 445. The Morgan fingerprint density at radius 1 is 0.889 bits per heavy atom. The Balaban J connectivity index is 3.65. The van der Waals surface area contributed by atoms with Gasteiger partial charge in [-0.25, -0.2) is 0 Å². The quantitative estimate of drug-likeness (QED) is 0.853. The van der Waals surface area contributed by atoms with E-state index in [1.165, 1.54) is 11.1 Å². The van der Waals surface area contributed by atoms with E-state index in [0.29, 0.717) is 23.3 Å². The lowest BCUT2D eigenvalue weighted by Crippen LogP contribution is -2.18. The standard InChI is InChI=1S/C16H25NO/c1-9(2)12-7-8-13(16(17)18)15(11(5)6)14(12)10(3)4/h7-11H,1-6H3,(H2,17,18). The predicted octanol–water partition coefficient (Wildman–Crippen LogP) is 4.16. The lowest BCUT2D eigenvalue weighted by molar-refractivity contribution is 0.0999. The SMILES string of the molecule is CC(C)c1ccc(C(N)=O)c(C(C)C)c1C(C)C. The fraction of sp³-hybridized carbons (Fsp3) is 0.562. The van der Waals surface area contributed by atoms with E-state index in [4.69, 9.17) is 5.73 Å². The van der Waals surface area contributed by atoms with Crippen LogP contribution in [0.2, 0.25) is 0 Å². The average molecular weight is 247 g/mol. The van der Waals surface area contributed by atoms with Crippen molar-refractivity contribution in [3.8, 4) is 0 Å². The van der Waals surface area contributed by atoms with Gasteiger partial charge in [0, 0.05) is 5.56 Å². The smallest absolute Gasteiger partial charge is 0.248 e. The molecule has 0 aromatic heterocycles. The molecule has 0 saturated carbocycles. The molecule has 1 aromatic rings. The molecule has 0 aliphatic rings. The summed E-state index contributed by atoms with van der Waals surface area (Å²) in [6.07, 6.45) is 0. The highest BCUT2D eigenvalue weighted by atomic mass is 16.1. The Kier molecular flexibility index (Phi) is 4.55. The molecule has 0 radical (unpaired) electrons. The summed E-state index contributed by atoms with van der Waals surface area (Å²) in [7, 11) is 0. The van der Waals surface area contributed by atoms with Gasteiger partial charge in [-0.05, 0) is 40.5 Å². The van der Waals surface area contributed by atoms with Crippen molar-refractivity contribution in [1.29, 1.82) is 0 Å². The number of hydrogen-bond donors (Lipinski definition) is 1. The zero-order valence-corrected chi connectivity index (χ0v) is 12.4. The maximum atomic E-state index is 11.6. The fourth-order valence-corrected chi connectivity index (χ4v) is 2.64. The van der Waals surface area contributed by atoms with Gasteiger partial charge in [0.05, 0.1) is 0 Å². The number of rotatable bonds is 4. The van der Waals surface area contributed by atoms with E-state index in [-0.39, 0.29) is 5.91 Å². The zero-order chi connectivity index (χ0) is 14.0. The summed E-state index contributed by atoms with van der Waals surface area (Å²) < 4.78 is 0. The third kappa shape index (κ3) is 2.74. The first-order chi connectivity index (χ1) is 8.27. The summed E-state index contributed by atoms with van der Waals surface area (Å²) in [5.41, 5.74) is 9.95. The summed E-state index contributed by atoms with van der Waals surface area (Å²) in [5.74, 6) is 0.848. The number of carbonyl (C=O) groups excluding carboxylic acids is 1. The second kappa shape index (κ2) is 5.55. The molecular formula is C16H25NO. The molecule has 0 aliphatic carbocycles. The fourth-order valence-electron chi connectivity index (χ4n) is 2.64. The van der Waals surface area contributed by atoms with Crippen LogP contribution >= 0.6 is 0 Å². The van der Waals surface area contributed by atoms with Gasteiger partial charge in [-0.2, -0.15) is 0 Å². The Labute approximate surface area is 111 Å². The largest absolute Gasteiger partial charge is 0.366 e. The molecule has 0 fully saturated rings. The maximum Gasteiger partial charge on any atom is 0.248 e. The first-order valence-corrected chi connectivity index (χ1v) is 6.73. The summed E-state index contributed by atoms with van der Waals surface area (Å²) in [6, 6.07) is 3.95. The number of primary amides is 1. The second-order valence-electron chi connectivity index (χ2n) is 5.86. The van der Waals surface area contributed by atoms with E-state index >= 15 is 0 Å². The molecule has 100 valence electrons. The molecule has 2 nitrogen and oxygen atoms in total. The van der Waals surface area contributed by atoms with Crippen LogP contribution in [0.4, 0.5) is 0 Å². The van der Waals surface area contributed by atoms with Crippen LogP contribution in [0.1, 0.15) is 86.3 Å². The lowest BCUT2D eigenvalue weighted by atomic mass is 9.80. The number of amides is 1. The minimum absolute atomic E-state index is 0.309. The monoisotopic (exact) mass is 247 g/mol. The highest BCUT2D eigenvalue weighted by molar-refractivity contribution is 5.95. The van der Waals surface area contributed by atoms with E-state index in [1.807, 2.05) is 6.07 Å². The summed E-state index contributed by atoms with van der Waals surface area (Å²) >= 11 is 0. The summed E-state index contributed by atoms with van der Waals surface area (Å²) in [5, 5.41) is 0. The van der Waals surface area contributed by atoms with Crippen molar-refractivity contribution in [3.05, 3.63) is 34.4 Å². The van der Waals surface area contributed by atoms with Gasteiger partial charge in [-0.3, -0.25) is 4.79 Å². The van der Waals surface area contributed by atoms with E-state index in [1.54, 1.807) is 0 Å². The number of carbonyl (C=O) groups is 1. The maximum absolute atomic E-state index is 11.6. The molecule has 0 aliphatic heterocycles. The van der Waals surface area contributed by atoms with E-state index < -0.39 is 0 Å². The van der Waals surface area contributed by atoms with Gasteiger partial charge in [0.1, 0.15) is 0 Å². The first kappa shape index (κ1) is 14.7. The van der Waals surface area contributed by atoms with Crippen LogP contribution in [-0.2, 0) is 0 Å². The molecule has 0 atom stereocenters. The zero-order valence-electron chi connectivity index (χ0n) is 12.4. The van der Waals surface area contributed by atoms with Crippen LogP contribution in [-0.4, -0.2) is 5.91 Å². The van der Waals surface area contributed by atoms with E-state index in [2.05, 4.69) is 47.6 Å². The Morgan fingerprint density at radius 3 is 1.72 bits per heavy atom. The lowest BCUT2D eigenvalue weighted by Gasteiger charge is -2.24. The molecule has 1 aromatic carbocycles. The van der Waals surface area contributed by atoms with Crippen LogP contribution in [0.5, 0.6) is 0 Å². The van der Waals surface area contributed by atoms with Crippen LogP contribution < -0.4 is 5.73 Å². The number of nitrogens with two attached hydrogens (primary N) is 1. The second-order valence-corrected chi connectivity index (χ2v) is 5.86. The Hall–Kier alpha value is -1.31. The third-order valence-corrected chi connectivity index (χ3v) is 3.36. The van der Waals surface area contributed by atoms with Crippen molar-refractivity contribution in [1.82, 2.24) is 0 Å². The van der Waals surface area contributed by atoms with Crippen molar-refractivity contribution >= 4 is 5.91 Å². The molecule has 0 spiro atoms. The summed E-state index contributed by atoms with van der Waals surface area (Å²) in [6.45, 7) is 13.0. The molecular weight excluding hydrogens is 222 g/mol. The number of hydrogen-bond acceptors (Lipinski definition) is 1. The molecule has 2 N–H and O–H groups in total. The molecule has 18 heavy (non-hydrogen) atoms. The molecule has 0 unspecified atom stereocenters. The van der Waals surface area contributed by atoms with Crippen LogP contribution in [0, 0.1) is 0 Å². The van der Waals surface area contributed by atoms with Crippen molar-refractivity contribution in [2.45, 2.75) is 59.3 Å². The van der Waals surface area contributed by atoms with Gasteiger partial charge in [-0.1, -0.05) is 47.6 Å². The highest BCUT2D eigenvalue weighted by Gasteiger charge is 2.21. The van der Waals surface area contributed by atoms with Gasteiger partial charge in [0.25, 0.3) is 0 Å². The Morgan fingerprint density at radius 2 is 1.39 bits per heavy atom. The van der Waals surface area contributed by atoms with E-state index in [0.717, 1.165) is 5.56 Å². The van der Waals surface area contributed by atoms with Gasteiger partial charge >= 0.3 is 0 Å². The minimum Gasteiger partial charge on any atom is -0.366 e. The topological polar surface area (TPSA) is 43.1 Å². The van der Waals surface area contributed by atoms with Gasteiger partial charge in [-0.15, -0.1) is 0 Å². The number of benzene rings is 1. The molecule has 0 saturated heterocycles. The minimum atomic E-state index is -0.323. The highest BCUT2D eigenvalue weighted by Crippen LogP contribution is 2.35. The average Bonchev–Trinajstić information content (AvgIpc) is 2.26. The first-order valence-electron chi connectivity index (χ1n) is 6.73. The van der Waals surface area contributed by atoms with Crippen LogP contribution in [0.15, 0.2) is 12.1 Å². The molecule has 1 rings (SSSR count). The van der Waals surface area contributed by atoms with Gasteiger partial charge < -0.3 is 5.73 Å². The van der Waals surface area contributed by atoms with Crippen molar-refractivity contribution < 1.29 is 4.79 Å². The van der Waals surface area contributed by atoms with Crippen molar-refractivity contribution in [2.24, 2.45) is 5.73 Å². The van der Waals surface area contributed by atoms with E-state index in [9.17, 15) is 4.79 Å². The predicted molar refractivity (Wildman–Crippen MR) is 77.2 cm³/mol. The molecule has 0 bridgehead atoms. The van der Waals surface area contributed by atoms with Gasteiger partial charge in [0.15, 0.2) is 0 Å². The van der Waals surface area contributed by atoms with Crippen LogP contribution in [0.25, 0.3) is 0 Å². The normalized spacial score (nSPS) is 11.6. The van der Waals surface area contributed by atoms with Gasteiger partial charge in [0.2, 0.25) is 5.91 Å². The third-order valence-electron chi connectivity index (χ3n) is 3.36. The van der Waals surface area contributed by atoms with Crippen molar-refractivity contribution in [3.63, 3.8) is 0 Å². The van der Waals surface area contributed by atoms with Crippen LogP contribution in [0.3, 0.4) is 0 Å². The molecule has 2 heteroatoms. The van der Waals surface area contributed by atoms with Crippen molar-refractivity contribution in [2.75, 3.05) is 0 Å². The molecule has 0 heterocycles. The molecule has 1 amide bonds.